The average molecular weight is 193 g/mol. The monoisotopic (exact) mass is 193 g/mol. The molecule has 1 heterocycles. The van der Waals surface area contributed by atoms with Gasteiger partial charge < -0.3 is 0 Å². The van der Waals surface area contributed by atoms with E-state index in [2.05, 4.69) is 29.0 Å². The smallest absolute Gasteiger partial charge is 0.154 e. The van der Waals surface area contributed by atoms with Crippen LogP contribution < -0.4 is 0 Å². The molecule has 0 radical (unpaired) electrons. The summed E-state index contributed by atoms with van der Waals surface area (Å²) in [6, 6.07) is 0. The van der Waals surface area contributed by atoms with Crippen LogP contribution in [0.5, 0.6) is 0 Å². The number of H-pyrrole nitrogens is 1. The van der Waals surface area contributed by atoms with E-state index in [1.165, 1.54) is 25.7 Å². The Bertz CT molecular complexity index is 314. The van der Waals surface area contributed by atoms with Gasteiger partial charge in [-0.2, -0.15) is 5.10 Å². The fourth-order valence-electron chi connectivity index (χ4n) is 2.49. The van der Waals surface area contributed by atoms with Crippen LogP contribution in [-0.2, 0) is 0 Å². The van der Waals surface area contributed by atoms with E-state index in [9.17, 15) is 0 Å². The normalized spacial score (nSPS) is 26.4. The number of aromatic amines is 1. The summed E-state index contributed by atoms with van der Waals surface area (Å²) in [6.45, 7) is 6.64. The molecule has 1 atom stereocenters. The lowest BCUT2D eigenvalue weighted by Crippen LogP contribution is -2.26. The summed E-state index contributed by atoms with van der Waals surface area (Å²) >= 11 is 0. The molecule has 1 fully saturated rings. The van der Waals surface area contributed by atoms with Crippen LogP contribution in [0.15, 0.2) is 0 Å². The predicted octanol–water partition coefficient (Wildman–Crippen LogP) is 2.80. The molecule has 2 rings (SSSR count). The van der Waals surface area contributed by atoms with Gasteiger partial charge in [-0.05, 0) is 25.2 Å². The third-order valence-corrected chi connectivity index (χ3v) is 3.43. The van der Waals surface area contributed by atoms with Gasteiger partial charge in [-0.1, -0.05) is 26.7 Å². The predicted molar refractivity (Wildman–Crippen MR) is 56.1 cm³/mol. The van der Waals surface area contributed by atoms with Crippen LogP contribution >= 0.6 is 0 Å². The topological polar surface area (TPSA) is 41.6 Å². The van der Waals surface area contributed by atoms with Crippen LogP contribution in [0.25, 0.3) is 0 Å². The van der Waals surface area contributed by atoms with Crippen LogP contribution in [0, 0.1) is 12.3 Å². The molecule has 0 bridgehead atoms. The molecule has 1 aromatic heterocycles. The third kappa shape index (κ3) is 1.68. The second kappa shape index (κ2) is 3.37. The molecule has 1 aliphatic carbocycles. The zero-order valence-corrected chi connectivity index (χ0v) is 9.30. The molecule has 1 aliphatic rings. The van der Waals surface area contributed by atoms with Crippen molar-refractivity contribution in [3.8, 4) is 0 Å². The SMILES string of the molecule is Cc1nc(C2CCCCC2(C)C)n[nH]1. The summed E-state index contributed by atoms with van der Waals surface area (Å²) in [7, 11) is 0. The van der Waals surface area contributed by atoms with E-state index >= 15 is 0 Å². The Morgan fingerprint density at radius 2 is 2.14 bits per heavy atom. The third-order valence-electron chi connectivity index (χ3n) is 3.43. The van der Waals surface area contributed by atoms with E-state index in [1.54, 1.807) is 0 Å². The Labute approximate surface area is 85.3 Å². The first-order valence-corrected chi connectivity index (χ1v) is 5.48. The second-order valence-electron chi connectivity index (χ2n) is 5.07. The summed E-state index contributed by atoms with van der Waals surface area (Å²) < 4.78 is 0. The lowest BCUT2D eigenvalue weighted by Gasteiger charge is -2.36. The number of aryl methyl sites for hydroxylation is 1. The van der Waals surface area contributed by atoms with E-state index < -0.39 is 0 Å². The van der Waals surface area contributed by atoms with Crippen molar-refractivity contribution >= 4 is 0 Å². The molecule has 0 amide bonds. The molecule has 1 unspecified atom stereocenters. The number of rotatable bonds is 1. The van der Waals surface area contributed by atoms with Crippen molar-refractivity contribution in [1.82, 2.24) is 15.2 Å². The molecule has 0 spiro atoms. The number of nitrogens with zero attached hydrogens (tertiary/aromatic N) is 2. The minimum absolute atomic E-state index is 0.368. The lowest BCUT2D eigenvalue weighted by molar-refractivity contribution is 0.192. The summed E-state index contributed by atoms with van der Waals surface area (Å²) in [5, 5.41) is 7.24. The quantitative estimate of drug-likeness (QED) is 0.745. The molecule has 3 heteroatoms. The van der Waals surface area contributed by atoms with Crippen molar-refractivity contribution in [3.63, 3.8) is 0 Å². The van der Waals surface area contributed by atoms with E-state index in [4.69, 9.17) is 0 Å². The van der Waals surface area contributed by atoms with Crippen LogP contribution in [0.4, 0.5) is 0 Å². The van der Waals surface area contributed by atoms with Crippen LogP contribution in [0.1, 0.15) is 57.1 Å². The minimum atomic E-state index is 0.368. The van der Waals surface area contributed by atoms with Crippen LogP contribution in [0.3, 0.4) is 0 Å². The first-order valence-electron chi connectivity index (χ1n) is 5.48. The summed E-state index contributed by atoms with van der Waals surface area (Å²) in [6.07, 6.45) is 5.21. The zero-order chi connectivity index (χ0) is 10.2. The molecule has 1 saturated carbocycles. The van der Waals surface area contributed by atoms with Gasteiger partial charge in [0.1, 0.15) is 5.82 Å². The summed E-state index contributed by atoms with van der Waals surface area (Å²) in [4.78, 5) is 4.46. The van der Waals surface area contributed by atoms with Gasteiger partial charge in [0, 0.05) is 5.92 Å². The van der Waals surface area contributed by atoms with Crippen molar-refractivity contribution in [1.29, 1.82) is 0 Å². The molecule has 0 saturated heterocycles. The molecule has 0 aliphatic heterocycles. The highest BCUT2D eigenvalue weighted by Crippen LogP contribution is 2.45. The maximum Gasteiger partial charge on any atom is 0.154 e. The van der Waals surface area contributed by atoms with Crippen molar-refractivity contribution in [2.45, 2.75) is 52.4 Å². The Morgan fingerprint density at radius 1 is 1.36 bits per heavy atom. The fraction of sp³-hybridized carbons (Fsp3) is 0.818. The number of nitrogens with one attached hydrogen (secondary N) is 1. The van der Waals surface area contributed by atoms with Crippen molar-refractivity contribution in [2.24, 2.45) is 5.41 Å². The highest BCUT2D eigenvalue weighted by Gasteiger charge is 2.35. The van der Waals surface area contributed by atoms with E-state index in [1.807, 2.05) is 6.92 Å². The number of aromatic nitrogens is 3. The lowest BCUT2D eigenvalue weighted by atomic mass is 9.68. The van der Waals surface area contributed by atoms with Gasteiger partial charge in [0.25, 0.3) is 0 Å². The zero-order valence-electron chi connectivity index (χ0n) is 9.30. The van der Waals surface area contributed by atoms with Gasteiger partial charge >= 0.3 is 0 Å². The Morgan fingerprint density at radius 3 is 2.71 bits per heavy atom. The van der Waals surface area contributed by atoms with Gasteiger partial charge in [0.15, 0.2) is 5.82 Å². The van der Waals surface area contributed by atoms with Crippen molar-refractivity contribution in [3.05, 3.63) is 11.6 Å². The number of hydrogen-bond acceptors (Lipinski definition) is 2. The van der Waals surface area contributed by atoms with Gasteiger partial charge in [0.2, 0.25) is 0 Å². The molecular weight excluding hydrogens is 174 g/mol. The molecule has 0 aromatic carbocycles. The molecule has 1 aromatic rings. The van der Waals surface area contributed by atoms with E-state index in [0.717, 1.165) is 11.6 Å². The molecule has 14 heavy (non-hydrogen) atoms. The fourth-order valence-corrected chi connectivity index (χ4v) is 2.49. The van der Waals surface area contributed by atoms with Crippen LogP contribution in [0.2, 0.25) is 0 Å². The summed E-state index contributed by atoms with van der Waals surface area (Å²) in [5.41, 5.74) is 0.368. The standard InChI is InChI=1S/C11H19N3/c1-8-12-10(14-13-8)9-6-4-5-7-11(9,2)3/h9H,4-7H2,1-3H3,(H,12,13,14). The number of hydrogen-bond donors (Lipinski definition) is 1. The summed E-state index contributed by atoms with van der Waals surface area (Å²) in [5.74, 6) is 2.50. The Balaban J connectivity index is 2.23. The highest BCUT2D eigenvalue weighted by molar-refractivity contribution is 5.04. The average Bonchev–Trinajstić information content (AvgIpc) is 2.51. The first-order chi connectivity index (χ1) is 6.59. The first kappa shape index (κ1) is 9.69. The van der Waals surface area contributed by atoms with Crippen molar-refractivity contribution in [2.75, 3.05) is 0 Å². The molecular formula is C11H19N3. The molecule has 3 nitrogen and oxygen atoms in total. The van der Waals surface area contributed by atoms with Gasteiger partial charge in [-0.25, -0.2) is 4.98 Å². The molecule has 78 valence electrons. The molecule has 1 N–H and O–H groups in total. The second-order valence-corrected chi connectivity index (χ2v) is 5.07. The largest absolute Gasteiger partial charge is 0.263 e. The van der Waals surface area contributed by atoms with Gasteiger partial charge in [0.05, 0.1) is 0 Å². The minimum Gasteiger partial charge on any atom is -0.263 e. The van der Waals surface area contributed by atoms with E-state index in [-0.39, 0.29) is 0 Å². The van der Waals surface area contributed by atoms with E-state index in [0.29, 0.717) is 11.3 Å². The highest BCUT2D eigenvalue weighted by atomic mass is 15.2. The van der Waals surface area contributed by atoms with Gasteiger partial charge in [-0.15, -0.1) is 0 Å². The van der Waals surface area contributed by atoms with Crippen LogP contribution in [-0.4, -0.2) is 15.2 Å². The Kier molecular flexibility index (Phi) is 2.33. The Hall–Kier alpha value is -0.860. The van der Waals surface area contributed by atoms with Crippen molar-refractivity contribution < 1.29 is 0 Å². The maximum atomic E-state index is 4.46. The maximum absolute atomic E-state index is 4.46. The van der Waals surface area contributed by atoms with Gasteiger partial charge in [-0.3, -0.25) is 5.10 Å².